The molecule has 3 rings (SSSR count). The lowest BCUT2D eigenvalue weighted by Crippen LogP contribution is -2.43. The highest BCUT2D eigenvalue weighted by molar-refractivity contribution is 7.12. The number of nitrogens with one attached hydrogen (secondary N) is 1. The number of hydrogen-bond acceptors (Lipinski definition) is 4. The van der Waals surface area contributed by atoms with Crippen LogP contribution < -0.4 is 10.1 Å². The molecule has 1 N–H and O–H groups in total. The first-order chi connectivity index (χ1) is 11.6. The molecule has 6 heteroatoms. The van der Waals surface area contributed by atoms with Crippen LogP contribution in [0.25, 0.3) is 0 Å². The predicted octanol–water partition coefficient (Wildman–Crippen LogP) is 3.29. The predicted molar refractivity (Wildman–Crippen MR) is 93.0 cm³/mol. The average Bonchev–Trinajstić information content (AvgIpc) is 3.06. The van der Waals surface area contributed by atoms with Crippen LogP contribution in [-0.4, -0.2) is 37.0 Å². The molecule has 2 heterocycles. The zero-order valence-electron chi connectivity index (χ0n) is 13.6. The van der Waals surface area contributed by atoms with Crippen LogP contribution in [0.15, 0.2) is 35.7 Å². The summed E-state index contributed by atoms with van der Waals surface area (Å²) in [4.78, 5) is 15.3. The van der Waals surface area contributed by atoms with Crippen LogP contribution in [0.3, 0.4) is 0 Å². The fourth-order valence-electron chi connectivity index (χ4n) is 2.68. The van der Waals surface area contributed by atoms with Crippen LogP contribution >= 0.6 is 11.3 Å². The molecule has 4 nitrogen and oxygen atoms in total. The Hall–Kier alpha value is -1.92. The van der Waals surface area contributed by atoms with Gasteiger partial charge in [0.2, 0.25) is 0 Å². The lowest BCUT2D eigenvalue weighted by atomic mass is 10.1. The number of amides is 1. The first-order valence-corrected chi connectivity index (χ1v) is 8.93. The SMILES string of the molecule is CN1CCC(NC(=O)c2cc(COc3ccc(F)cc3)cs2)CC1. The topological polar surface area (TPSA) is 41.6 Å². The van der Waals surface area contributed by atoms with Gasteiger partial charge in [0.05, 0.1) is 4.88 Å². The van der Waals surface area contributed by atoms with E-state index in [1.165, 1.54) is 23.5 Å². The van der Waals surface area contributed by atoms with E-state index in [0.717, 1.165) is 31.5 Å². The number of ether oxygens (including phenoxy) is 1. The summed E-state index contributed by atoms with van der Waals surface area (Å²) in [6.07, 6.45) is 1.99. The molecule has 0 atom stereocenters. The highest BCUT2D eigenvalue weighted by Gasteiger charge is 2.19. The van der Waals surface area contributed by atoms with Crippen molar-refractivity contribution in [3.8, 4) is 5.75 Å². The molecule has 0 spiro atoms. The van der Waals surface area contributed by atoms with Crippen molar-refractivity contribution < 1.29 is 13.9 Å². The summed E-state index contributed by atoms with van der Waals surface area (Å²) in [5.41, 5.74) is 0.942. The van der Waals surface area contributed by atoms with Crippen LogP contribution in [0.2, 0.25) is 0 Å². The fourth-order valence-corrected chi connectivity index (χ4v) is 3.48. The van der Waals surface area contributed by atoms with Crippen LogP contribution in [-0.2, 0) is 6.61 Å². The molecule has 1 amide bonds. The van der Waals surface area contributed by atoms with E-state index in [4.69, 9.17) is 4.74 Å². The van der Waals surface area contributed by atoms with Gasteiger partial charge in [-0.2, -0.15) is 0 Å². The molecular weight excluding hydrogens is 327 g/mol. The van der Waals surface area contributed by atoms with E-state index in [1.807, 2.05) is 11.4 Å². The Balaban J connectivity index is 1.51. The molecule has 1 aromatic carbocycles. The molecule has 1 aliphatic heterocycles. The van der Waals surface area contributed by atoms with E-state index < -0.39 is 0 Å². The first-order valence-electron chi connectivity index (χ1n) is 8.05. The van der Waals surface area contributed by atoms with Gasteiger partial charge in [0.1, 0.15) is 18.2 Å². The molecule has 1 aromatic heterocycles. The number of likely N-dealkylation sites (tertiary alicyclic amines) is 1. The van der Waals surface area contributed by atoms with E-state index in [0.29, 0.717) is 17.2 Å². The summed E-state index contributed by atoms with van der Waals surface area (Å²) in [6, 6.07) is 8.03. The van der Waals surface area contributed by atoms with E-state index in [9.17, 15) is 9.18 Å². The molecule has 1 saturated heterocycles. The van der Waals surface area contributed by atoms with Crippen molar-refractivity contribution in [1.82, 2.24) is 10.2 Å². The van der Waals surface area contributed by atoms with Gasteiger partial charge in [0.15, 0.2) is 0 Å². The van der Waals surface area contributed by atoms with Crippen LogP contribution in [0, 0.1) is 5.82 Å². The third-order valence-electron chi connectivity index (χ3n) is 4.15. The zero-order valence-corrected chi connectivity index (χ0v) is 14.4. The van der Waals surface area contributed by atoms with Crippen molar-refractivity contribution in [2.75, 3.05) is 20.1 Å². The van der Waals surface area contributed by atoms with Crippen molar-refractivity contribution in [2.24, 2.45) is 0 Å². The number of carbonyl (C=O) groups is 1. The maximum atomic E-state index is 12.9. The van der Waals surface area contributed by atoms with Crippen LogP contribution in [0.5, 0.6) is 5.75 Å². The van der Waals surface area contributed by atoms with Gasteiger partial charge in [-0.15, -0.1) is 11.3 Å². The minimum Gasteiger partial charge on any atom is -0.489 e. The Morgan fingerprint density at radius 1 is 1.33 bits per heavy atom. The van der Waals surface area contributed by atoms with Crippen molar-refractivity contribution in [3.63, 3.8) is 0 Å². The lowest BCUT2D eigenvalue weighted by Gasteiger charge is -2.29. The third-order valence-corrected chi connectivity index (χ3v) is 5.13. The summed E-state index contributed by atoms with van der Waals surface area (Å²) < 4.78 is 18.5. The molecule has 0 aliphatic carbocycles. The quantitative estimate of drug-likeness (QED) is 0.901. The second kappa shape index (κ2) is 7.77. The molecule has 0 unspecified atom stereocenters. The van der Waals surface area contributed by atoms with Crippen LogP contribution in [0.1, 0.15) is 28.1 Å². The Morgan fingerprint density at radius 2 is 2.04 bits per heavy atom. The number of carbonyl (C=O) groups excluding carboxylic acids is 1. The van der Waals surface area contributed by atoms with E-state index >= 15 is 0 Å². The Morgan fingerprint density at radius 3 is 2.75 bits per heavy atom. The molecule has 128 valence electrons. The number of piperidine rings is 1. The number of nitrogens with zero attached hydrogens (tertiary/aromatic N) is 1. The smallest absolute Gasteiger partial charge is 0.261 e. The average molecular weight is 348 g/mol. The molecule has 1 aliphatic rings. The van der Waals surface area contributed by atoms with Gasteiger partial charge < -0.3 is 15.0 Å². The molecule has 0 saturated carbocycles. The molecule has 1 fully saturated rings. The first kappa shape index (κ1) is 16.9. The minimum atomic E-state index is -0.286. The number of rotatable bonds is 5. The van der Waals surface area contributed by atoms with Gasteiger partial charge in [0, 0.05) is 11.6 Å². The Labute approximate surface area is 145 Å². The second-order valence-electron chi connectivity index (χ2n) is 6.11. The molecule has 0 bridgehead atoms. The summed E-state index contributed by atoms with van der Waals surface area (Å²) >= 11 is 1.42. The maximum Gasteiger partial charge on any atom is 0.261 e. The molecular formula is C18H21FN2O2S. The number of halogens is 1. The van der Waals surface area contributed by atoms with E-state index in [1.54, 1.807) is 12.1 Å². The van der Waals surface area contributed by atoms with Crippen molar-refractivity contribution in [2.45, 2.75) is 25.5 Å². The van der Waals surface area contributed by atoms with E-state index in [-0.39, 0.29) is 17.8 Å². The zero-order chi connectivity index (χ0) is 16.9. The normalized spacial score (nSPS) is 16.1. The van der Waals surface area contributed by atoms with E-state index in [2.05, 4.69) is 17.3 Å². The van der Waals surface area contributed by atoms with Gasteiger partial charge in [-0.1, -0.05) is 0 Å². The number of benzene rings is 1. The number of hydrogen-bond donors (Lipinski definition) is 1. The Kier molecular flexibility index (Phi) is 5.48. The lowest BCUT2D eigenvalue weighted by molar-refractivity contribution is 0.0921. The standard InChI is InChI=1S/C18H21FN2O2S/c1-21-8-6-15(7-9-21)20-18(22)17-10-13(12-24-17)11-23-16-4-2-14(19)3-5-16/h2-5,10,12,15H,6-9,11H2,1H3,(H,20,22). The van der Waals surface area contributed by atoms with Gasteiger partial charge in [0.25, 0.3) is 5.91 Å². The van der Waals surface area contributed by atoms with Gasteiger partial charge in [-0.05, 0) is 68.7 Å². The largest absolute Gasteiger partial charge is 0.489 e. The number of thiophene rings is 1. The molecule has 0 radical (unpaired) electrons. The van der Waals surface area contributed by atoms with Crippen molar-refractivity contribution in [3.05, 3.63) is 52.0 Å². The summed E-state index contributed by atoms with van der Waals surface area (Å²) in [6.45, 7) is 2.40. The van der Waals surface area contributed by atoms with Crippen molar-refractivity contribution in [1.29, 1.82) is 0 Å². The van der Waals surface area contributed by atoms with Crippen molar-refractivity contribution >= 4 is 17.2 Å². The second-order valence-corrected chi connectivity index (χ2v) is 7.02. The molecule has 2 aromatic rings. The highest BCUT2D eigenvalue weighted by Crippen LogP contribution is 2.19. The van der Waals surface area contributed by atoms with Gasteiger partial charge >= 0.3 is 0 Å². The fraction of sp³-hybridized carbons (Fsp3) is 0.389. The Bertz CT molecular complexity index is 679. The summed E-state index contributed by atoms with van der Waals surface area (Å²) in [5.74, 6) is 0.313. The monoisotopic (exact) mass is 348 g/mol. The highest BCUT2D eigenvalue weighted by atomic mass is 32.1. The maximum absolute atomic E-state index is 12.9. The van der Waals surface area contributed by atoms with Crippen LogP contribution in [0.4, 0.5) is 4.39 Å². The third kappa shape index (κ3) is 4.55. The minimum absolute atomic E-state index is 0.0115. The summed E-state index contributed by atoms with van der Waals surface area (Å²) in [5, 5.41) is 5.04. The van der Waals surface area contributed by atoms with Gasteiger partial charge in [-0.3, -0.25) is 4.79 Å². The van der Waals surface area contributed by atoms with Gasteiger partial charge in [-0.25, -0.2) is 4.39 Å². The summed E-state index contributed by atoms with van der Waals surface area (Å²) in [7, 11) is 2.10. The molecule has 24 heavy (non-hydrogen) atoms.